The number of hydrogen-bond acceptors (Lipinski definition) is 5. The van der Waals surface area contributed by atoms with Gasteiger partial charge in [-0.25, -0.2) is 13.4 Å². The van der Waals surface area contributed by atoms with Gasteiger partial charge in [0.25, 0.3) is 0 Å². The zero-order valence-electron chi connectivity index (χ0n) is 17.2. The fourth-order valence-electron chi connectivity index (χ4n) is 3.72. The molecule has 29 heavy (non-hydrogen) atoms. The van der Waals surface area contributed by atoms with Crippen LogP contribution in [-0.4, -0.2) is 49.5 Å². The number of halogens is 1. The molecule has 1 fully saturated rings. The topological polar surface area (TPSA) is 62.7 Å². The zero-order chi connectivity index (χ0) is 21.2. The number of rotatable bonds is 6. The van der Waals surface area contributed by atoms with Crippen LogP contribution >= 0.6 is 15.9 Å². The lowest BCUT2D eigenvalue weighted by Crippen LogP contribution is -2.42. The summed E-state index contributed by atoms with van der Waals surface area (Å²) in [7, 11) is -3.58. The maximum Gasteiger partial charge on any atom is 0.245 e. The van der Waals surface area contributed by atoms with Crippen molar-refractivity contribution in [3.63, 3.8) is 0 Å². The predicted molar refractivity (Wildman–Crippen MR) is 119 cm³/mol. The molecule has 1 aliphatic rings. The molecule has 0 saturated carbocycles. The summed E-state index contributed by atoms with van der Waals surface area (Å²) in [5, 5.41) is 0. The summed E-state index contributed by atoms with van der Waals surface area (Å²) in [5.41, 5.74) is 1.11. The monoisotopic (exact) mass is 481 g/mol. The molecule has 1 aromatic heterocycles. The van der Waals surface area contributed by atoms with Crippen LogP contribution in [0, 0.1) is 0 Å². The highest BCUT2D eigenvalue weighted by molar-refractivity contribution is 9.10. The third-order valence-electron chi connectivity index (χ3n) is 4.95. The molecule has 1 aliphatic heterocycles. The van der Waals surface area contributed by atoms with Crippen LogP contribution in [0.1, 0.15) is 39.4 Å². The average Bonchev–Trinajstić information content (AvgIpc) is 2.68. The lowest BCUT2D eigenvalue weighted by Gasteiger charge is -2.34. The smallest absolute Gasteiger partial charge is 0.245 e. The van der Waals surface area contributed by atoms with Gasteiger partial charge in [-0.3, -0.25) is 0 Å². The summed E-state index contributed by atoms with van der Waals surface area (Å²) < 4.78 is 34.5. The van der Waals surface area contributed by atoms with Gasteiger partial charge in [0.05, 0.1) is 6.61 Å². The Kier molecular flexibility index (Phi) is 6.98. The fraction of sp³-hybridized carbons (Fsp3) is 0.476. The van der Waals surface area contributed by atoms with E-state index >= 15 is 0 Å². The van der Waals surface area contributed by atoms with Crippen LogP contribution in [0.2, 0.25) is 0 Å². The van der Waals surface area contributed by atoms with E-state index in [-0.39, 0.29) is 23.1 Å². The maximum atomic E-state index is 13.0. The molecule has 0 radical (unpaired) electrons. The van der Waals surface area contributed by atoms with Crippen molar-refractivity contribution in [1.82, 2.24) is 9.29 Å². The number of hydrogen-bond donors (Lipinski definition) is 0. The predicted octanol–water partition coefficient (Wildman–Crippen LogP) is 4.23. The highest BCUT2D eigenvalue weighted by atomic mass is 79.9. The number of benzene rings is 1. The minimum Gasteiger partial charge on any atom is -0.370 e. The summed E-state index contributed by atoms with van der Waals surface area (Å²) in [5.74, 6) is 0.759. The number of pyridine rings is 1. The fourth-order valence-corrected chi connectivity index (χ4v) is 5.77. The Bertz CT molecular complexity index is 907. The summed E-state index contributed by atoms with van der Waals surface area (Å²) in [6.45, 7) is 9.52. The van der Waals surface area contributed by atoms with Gasteiger partial charge in [0, 0.05) is 35.8 Å². The number of nitrogens with zero attached hydrogens (tertiary/aromatic N) is 3. The minimum atomic E-state index is -3.58. The first kappa shape index (κ1) is 22.2. The van der Waals surface area contributed by atoms with Gasteiger partial charge in [-0.05, 0) is 57.5 Å². The summed E-state index contributed by atoms with van der Waals surface area (Å²) in [6.07, 6.45) is 1.42. The molecule has 158 valence electrons. The number of morpholine rings is 1. The molecule has 0 aliphatic carbocycles. The average molecular weight is 482 g/mol. The van der Waals surface area contributed by atoms with Crippen LogP contribution in [0.4, 0.5) is 5.82 Å². The SMILES string of the molecule is CC(C)N(C(C)C)S(=O)(=O)c1ccc(N2CCOC(c3ccc(Br)cc3)C2)nc1. The van der Waals surface area contributed by atoms with Crippen LogP contribution in [0.15, 0.2) is 52.0 Å². The van der Waals surface area contributed by atoms with Gasteiger partial charge in [-0.15, -0.1) is 0 Å². The van der Waals surface area contributed by atoms with E-state index in [2.05, 4.69) is 25.8 Å². The van der Waals surface area contributed by atoms with Gasteiger partial charge in [0.15, 0.2) is 0 Å². The third-order valence-corrected chi connectivity index (χ3v) is 7.71. The van der Waals surface area contributed by atoms with Crippen LogP contribution in [0.5, 0.6) is 0 Å². The molecule has 3 rings (SSSR count). The Hall–Kier alpha value is -1.48. The van der Waals surface area contributed by atoms with E-state index in [0.717, 1.165) is 22.4 Å². The van der Waals surface area contributed by atoms with E-state index in [1.807, 2.05) is 52.0 Å². The van der Waals surface area contributed by atoms with E-state index in [1.165, 1.54) is 10.5 Å². The van der Waals surface area contributed by atoms with Gasteiger partial charge in [0.1, 0.15) is 16.8 Å². The highest BCUT2D eigenvalue weighted by Crippen LogP contribution is 2.27. The molecule has 1 saturated heterocycles. The van der Waals surface area contributed by atoms with Gasteiger partial charge in [-0.2, -0.15) is 4.31 Å². The third kappa shape index (κ3) is 4.99. The second-order valence-corrected chi connectivity index (χ2v) is 10.5. The van der Waals surface area contributed by atoms with Gasteiger partial charge in [0.2, 0.25) is 10.0 Å². The van der Waals surface area contributed by atoms with E-state index in [9.17, 15) is 8.42 Å². The standard InChI is InChI=1S/C21H28BrN3O3S/c1-15(2)25(16(3)4)29(26,27)19-9-10-21(23-13-19)24-11-12-28-20(14-24)17-5-7-18(22)8-6-17/h5-10,13,15-16,20H,11-12,14H2,1-4H3. The lowest BCUT2D eigenvalue weighted by atomic mass is 10.1. The van der Waals surface area contributed by atoms with Crippen molar-refractivity contribution in [2.75, 3.05) is 24.6 Å². The Morgan fingerprint density at radius 1 is 1.10 bits per heavy atom. The molecule has 6 nitrogen and oxygen atoms in total. The Labute approximate surface area is 182 Å². The molecular formula is C21H28BrN3O3S. The van der Waals surface area contributed by atoms with Crippen molar-refractivity contribution >= 4 is 31.8 Å². The number of sulfonamides is 1. The molecular weight excluding hydrogens is 454 g/mol. The molecule has 2 aromatic rings. The Balaban J connectivity index is 1.78. The molecule has 0 N–H and O–H groups in total. The first-order valence-electron chi connectivity index (χ1n) is 9.81. The van der Waals surface area contributed by atoms with E-state index in [0.29, 0.717) is 13.2 Å². The van der Waals surface area contributed by atoms with Gasteiger partial charge >= 0.3 is 0 Å². The second kappa shape index (κ2) is 9.12. The van der Waals surface area contributed by atoms with Crippen molar-refractivity contribution in [2.24, 2.45) is 0 Å². The minimum absolute atomic E-state index is 0.0422. The Morgan fingerprint density at radius 3 is 2.31 bits per heavy atom. The number of aromatic nitrogens is 1. The van der Waals surface area contributed by atoms with Crippen molar-refractivity contribution in [2.45, 2.75) is 50.8 Å². The normalized spacial score (nSPS) is 18.1. The molecule has 1 unspecified atom stereocenters. The maximum absolute atomic E-state index is 13.0. The Morgan fingerprint density at radius 2 is 1.76 bits per heavy atom. The summed E-state index contributed by atoms with van der Waals surface area (Å²) in [6, 6.07) is 11.3. The summed E-state index contributed by atoms with van der Waals surface area (Å²) in [4.78, 5) is 6.83. The quantitative estimate of drug-likeness (QED) is 0.617. The lowest BCUT2D eigenvalue weighted by molar-refractivity contribution is 0.0395. The largest absolute Gasteiger partial charge is 0.370 e. The van der Waals surface area contributed by atoms with E-state index in [1.54, 1.807) is 12.1 Å². The highest BCUT2D eigenvalue weighted by Gasteiger charge is 2.30. The first-order valence-corrected chi connectivity index (χ1v) is 12.0. The van der Waals surface area contributed by atoms with Crippen LogP contribution < -0.4 is 4.90 Å². The molecule has 1 aromatic carbocycles. The number of ether oxygens (including phenoxy) is 1. The van der Waals surface area contributed by atoms with Crippen molar-refractivity contribution in [1.29, 1.82) is 0 Å². The number of anilines is 1. The van der Waals surface area contributed by atoms with Crippen LogP contribution in [0.25, 0.3) is 0 Å². The van der Waals surface area contributed by atoms with E-state index < -0.39 is 10.0 Å². The van der Waals surface area contributed by atoms with Gasteiger partial charge in [-0.1, -0.05) is 28.1 Å². The van der Waals surface area contributed by atoms with E-state index in [4.69, 9.17) is 4.74 Å². The molecule has 2 heterocycles. The molecule has 1 atom stereocenters. The van der Waals surface area contributed by atoms with Crippen LogP contribution in [-0.2, 0) is 14.8 Å². The zero-order valence-corrected chi connectivity index (χ0v) is 19.6. The van der Waals surface area contributed by atoms with Crippen molar-refractivity contribution in [3.8, 4) is 0 Å². The van der Waals surface area contributed by atoms with Crippen molar-refractivity contribution in [3.05, 3.63) is 52.6 Å². The summed E-state index contributed by atoms with van der Waals surface area (Å²) >= 11 is 3.45. The molecule has 8 heteroatoms. The molecule has 0 amide bonds. The van der Waals surface area contributed by atoms with Crippen LogP contribution in [0.3, 0.4) is 0 Å². The second-order valence-electron chi connectivity index (χ2n) is 7.73. The van der Waals surface area contributed by atoms with Crippen molar-refractivity contribution < 1.29 is 13.2 Å². The first-order chi connectivity index (χ1) is 13.7. The molecule has 0 spiro atoms. The molecule has 0 bridgehead atoms. The van der Waals surface area contributed by atoms with Gasteiger partial charge < -0.3 is 9.64 Å².